The number of halogens is 1. The van der Waals surface area contributed by atoms with Gasteiger partial charge in [-0.1, -0.05) is 29.8 Å². The summed E-state index contributed by atoms with van der Waals surface area (Å²) in [5.41, 5.74) is 6.19. The van der Waals surface area contributed by atoms with Crippen LogP contribution in [0, 0.1) is 12.0 Å². The Bertz CT molecular complexity index is 2150. The molecule has 1 N–H and O–H groups in total. The number of rotatable bonds is 7. The van der Waals surface area contributed by atoms with Gasteiger partial charge in [0.25, 0.3) is 11.8 Å². The van der Waals surface area contributed by atoms with Gasteiger partial charge in [0.15, 0.2) is 0 Å². The Labute approximate surface area is 345 Å². The molecule has 0 radical (unpaired) electrons. The zero-order valence-corrected chi connectivity index (χ0v) is 33.9. The van der Waals surface area contributed by atoms with Gasteiger partial charge in [-0.25, -0.2) is 4.85 Å². The minimum absolute atomic E-state index is 0.106. The van der Waals surface area contributed by atoms with Gasteiger partial charge in [-0.3, -0.25) is 39.2 Å². The lowest BCUT2D eigenvalue weighted by molar-refractivity contribution is -0.136. The minimum atomic E-state index is -0.956. The summed E-state index contributed by atoms with van der Waals surface area (Å²) < 4.78 is 0. The molecule has 6 aliphatic rings. The molecule has 0 aromatic heterocycles. The van der Waals surface area contributed by atoms with E-state index in [0.717, 1.165) is 94.6 Å². The molecule has 12 nitrogen and oxygen atoms in total. The van der Waals surface area contributed by atoms with Crippen molar-refractivity contribution in [3.63, 3.8) is 0 Å². The number of benzene rings is 3. The molecular weight excluding hydrogens is 752 g/mol. The van der Waals surface area contributed by atoms with Crippen LogP contribution in [0.5, 0.6) is 0 Å². The van der Waals surface area contributed by atoms with Crippen molar-refractivity contribution < 1.29 is 19.2 Å². The number of amides is 4. The number of carbonyl (C=O) groups is 4. The van der Waals surface area contributed by atoms with Gasteiger partial charge in [-0.05, 0) is 112 Å². The van der Waals surface area contributed by atoms with Gasteiger partial charge in [0, 0.05) is 92.9 Å². The second-order valence-electron chi connectivity index (χ2n) is 17.3. The lowest BCUT2D eigenvalue weighted by atomic mass is 9.76. The predicted molar refractivity (Wildman–Crippen MR) is 225 cm³/mol. The van der Waals surface area contributed by atoms with Gasteiger partial charge in [0.2, 0.25) is 17.5 Å². The van der Waals surface area contributed by atoms with Crippen molar-refractivity contribution in [2.75, 3.05) is 73.6 Å². The standard InChI is InChI=1S/C45H51ClN8O4/c1-30-27-45(29-53(30)35-8-10-39(47-2)38(46)26-35)15-19-50(20-16-45)32-5-3-31(4-6-32)28-49-17-13-33(14-18-49)51-21-23-52(24-22-51)34-7-9-36-37(25-34)44(58)54(43(36)57)40-11-12-41(55)48-42(40)56/h3-10,25-26,30,33,40H,11-24,27-29H2,1H3,(H,48,55,56)/t30-,40?/m0/s1. The van der Waals surface area contributed by atoms with Crippen LogP contribution in [0.2, 0.25) is 5.02 Å². The summed E-state index contributed by atoms with van der Waals surface area (Å²) in [5, 5.41) is 2.80. The van der Waals surface area contributed by atoms with Crippen LogP contribution in [-0.2, 0) is 16.1 Å². The second-order valence-corrected chi connectivity index (χ2v) is 17.7. The second kappa shape index (κ2) is 15.7. The van der Waals surface area contributed by atoms with Crippen LogP contribution in [0.4, 0.5) is 22.7 Å². The van der Waals surface area contributed by atoms with Crippen molar-refractivity contribution in [3.8, 4) is 0 Å². The van der Waals surface area contributed by atoms with Gasteiger partial charge >= 0.3 is 0 Å². The molecule has 3 aromatic carbocycles. The van der Waals surface area contributed by atoms with E-state index in [9.17, 15) is 19.2 Å². The van der Waals surface area contributed by atoms with Gasteiger partial charge in [0.1, 0.15) is 6.04 Å². The summed E-state index contributed by atoms with van der Waals surface area (Å²) in [4.78, 5) is 67.7. The minimum Gasteiger partial charge on any atom is -0.371 e. The molecule has 1 spiro atoms. The van der Waals surface area contributed by atoms with E-state index in [1.54, 1.807) is 12.1 Å². The molecule has 13 heteroatoms. The molecule has 4 amide bonds. The van der Waals surface area contributed by atoms with Crippen molar-refractivity contribution in [2.45, 2.75) is 76.5 Å². The van der Waals surface area contributed by atoms with Gasteiger partial charge < -0.3 is 14.7 Å². The molecule has 6 aliphatic heterocycles. The van der Waals surface area contributed by atoms with E-state index in [2.05, 4.69) is 71.9 Å². The zero-order valence-electron chi connectivity index (χ0n) is 33.2. The highest BCUT2D eigenvalue weighted by molar-refractivity contribution is 6.33. The van der Waals surface area contributed by atoms with Gasteiger partial charge in [0.05, 0.1) is 17.7 Å². The summed E-state index contributed by atoms with van der Waals surface area (Å²) in [6.45, 7) is 19.5. The SMILES string of the molecule is [C-]#[N+]c1ccc(N2CC3(CCN(c4ccc(CN5CCC(N6CCN(c7ccc8c(c7)C(=O)N(C7CCC(=O)NC7=O)C8=O)CC6)CC5)cc4)CC3)C[C@@H]2C)cc1Cl. The van der Waals surface area contributed by atoms with Crippen molar-refractivity contribution in [2.24, 2.45) is 5.41 Å². The van der Waals surface area contributed by atoms with Crippen molar-refractivity contribution in [1.82, 2.24) is 20.0 Å². The fourth-order valence-electron chi connectivity index (χ4n) is 10.5. The maximum Gasteiger partial charge on any atom is 0.262 e. The molecule has 3 aromatic rings. The maximum atomic E-state index is 13.4. The largest absolute Gasteiger partial charge is 0.371 e. The van der Waals surface area contributed by atoms with E-state index >= 15 is 0 Å². The quantitative estimate of drug-likeness (QED) is 0.229. The number of imide groups is 2. The number of nitrogens with zero attached hydrogens (tertiary/aromatic N) is 7. The third-order valence-electron chi connectivity index (χ3n) is 13.9. The summed E-state index contributed by atoms with van der Waals surface area (Å²) in [5.74, 6) is -1.90. The Hall–Kier alpha value is -4.96. The lowest BCUT2D eigenvalue weighted by Crippen LogP contribution is -2.54. The first-order valence-electron chi connectivity index (χ1n) is 20.9. The highest BCUT2D eigenvalue weighted by Gasteiger charge is 2.46. The number of piperazine rings is 1. The third-order valence-corrected chi connectivity index (χ3v) is 14.2. The number of anilines is 3. The molecule has 0 saturated carbocycles. The number of carbonyl (C=O) groups excluding carboxylic acids is 4. The summed E-state index contributed by atoms with van der Waals surface area (Å²) in [6, 6.07) is 20.6. The average Bonchev–Trinajstić information content (AvgIpc) is 3.69. The molecule has 1 unspecified atom stereocenters. The van der Waals surface area contributed by atoms with E-state index in [4.69, 9.17) is 18.2 Å². The lowest BCUT2D eigenvalue weighted by Gasteiger charge is -2.43. The van der Waals surface area contributed by atoms with E-state index in [0.29, 0.717) is 39.3 Å². The van der Waals surface area contributed by atoms with Crippen molar-refractivity contribution in [1.29, 1.82) is 0 Å². The first-order chi connectivity index (χ1) is 28.1. The molecule has 6 heterocycles. The smallest absolute Gasteiger partial charge is 0.262 e. The number of likely N-dealkylation sites (tertiary alicyclic amines) is 1. The normalized spacial score (nSPS) is 24.4. The van der Waals surface area contributed by atoms with E-state index in [1.165, 1.54) is 30.5 Å². The van der Waals surface area contributed by atoms with Gasteiger partial charge in [-0.2, -0.15) is 0 Å². The zero-order chi connectivity index (χ0) is 40.1. The summed E-state index contributed by atoms with van der Waals surface area (Å²) in [7, 11) is 0. The highest BCUT2D eigenvalue weighted by atomic mass is 35.5. The monoisotopic (exact) mass is 802 g/mol. The number of piperidine rings is 3. The number of hydrogen-bond acceptors (Lipinski definition) is 9. The van der Waals surface area contributed by atoms with Crippen LogP contribution in [0.25, 0.3) is 4.85 Å². The molecule has 5 saturated heterocycles. The number of nitrogens with one attached hydrogen (secondary N) is 1. The first kappa shape index (κ1) is 38.6. The Morgan fingerprint density at radius 3 is 2.14 bits per heavy atom. The van der Waals surface area contributed by atoms with Crippen LogP contribution in [-0.4, -0.2) is 115 Å². The van der Waals surface area contributed by atoms with Crippen LogP contribution >= 0.6 is 11.6 Å². The average molecular weight is 803 g/mol. The van der Waals surface area contributed by atoms with E-state index in [1.807, 2.05) is 18.2 Å². The van der Waals surface area contributed by atoms with Crippen LogP contribution in [0.1, 0.15) is 78.1 Å². The number of hydrogen-bond donors (Lipinski definition) is 1. The van der Waals surface area contributed by atoms with E-state index in [-0.39, 0.29) is 18.7 Å². The van der Waals surface area contributed by atoms with Crippen molar-refractivity contribution >= 4 is 58.0 Å². The van der Waals surface area contributed by atoms with E-state index < -0.39 is 23.8 Å². The topological polar surface area (TPSA) is 104 Å². The molecular formula is C45H51ClN8O4. The molecule has 2 atom stereocenters. The molecule has 0 aliphatic carbocycles. The van der Waals surface area contributed by atoms with Crippen LogP contribution < -0.4 is 20.0 Å². The molecule has 0 bridgehead atoms. The highest BCUT2D eigenvalue weighted by Crippen LogP contribution is 2.46. The third kappa shape index (κ3) is 7.33. The summed E-state index contributed by atoms with van der Waals surface area (Å²) in [6.07, 6.45) is 6.10. The summed E-state index contributed by atoms with van der Waals surface area (Å²) >= 11 is 6.40. The van der Waals surface area contributed by atoms with Gasteiger partial charge in [-0.15, -0.1) is 0 Å². The number of fused-ring (bicyclic) bond motifs is 1. The fourth-order valence-corrected chi connectivity index (χ4v) is 10.8. The van der Waals surface area contributed by atoms with Crippen molar-refractivity contribution in [3.05, 3.63) is 93.8 Å². The maximum absolute atomic E-state index is 13.4. The fraction of sp³-hybridized carbons (Fsp3) is 0.489. The molecule has 302 valence electrons. The Kier molecular flexibility index (Phi) is 10.4. The van der Waals surface area contributed by atoms with Crippen LogP contribution in [0.15, 0.2) is 60.7 Å². The Morgan fingerprint density at radius 1 is 0.776 bits per heavy atom. The van der Waals surface area contributed by atoms with Crippen LogP contribution in [0.3, 0.4) is 0 Å². The first-order valence-corrected chi connectivity index (χ1v) is 21.3. The molecule has 58 heavy (non-hydrogen) atoms. The predicted octanol–water partition coefficient (Wildman–Crippen LogP) is 5.96. The molecule has 5 fully saturated rings. The Balaban J connectivity index is 0.720. The Morgan fingerprint density at radius 2 is 1.45 bits per heavy atom. The molecule has 9 rings (SSSR count).